The zero-order chi connectivity index (χ0) is 25.9. The molecule has 0 saturated carbocycles. The maximum Gasteiger partial charge on any atom is 0.249 e. The number of fused-ring (bicyclic) bond motifs is 2. The minimum Gasteiger partial charge on any atom is -0.496 e. The largest absolute Gasteiger partial charge is 0.496 e. The fourth-order valence-corrected chi connectivity index (χ4v) is 4.75. The number of carbonyl (C=O) groups excluding carboxylic acids is 2. The van der Waals surface area contributed by atoms with Crippen LogP contribution in [0.1, 0.15) is 24.5 Å². The van der Waals surface area contributed by atoms with Crippen LogP contribution in [0.25, 0.3) is 22.2 Å². The Balaban J connectivity index is 0.00000210. The summed E-state index contributed by atoms with van der Waals surface area (Å²) in [5.74, 6) is 0.830. The van der Waals surface area contributed by atoms with E-state index in [9.17, 15) is 9.59 Å². The number of hydrogen-bond acceptors (Lipinski definition) is 7. The third-order valence-electron chi connectivity index (χ3n) is 6.92. The van der Waals surface area contributed by atoms with Gasteiger partial charge in [-0.1, -0.05) is 36.4 Å². The minimum atomic E-state index is -0.637. The number of hydrogen-bond donors (Lipinski definition) is 3. The third kappa shape index (κ3) is 5.98. The van der Waals surface area contributed by atoms with Crippen LogP contribution in [0.3, 0.4) is 0 Å². The van der Waals surface area contributed by atoms with Crippen molar-refractivity contribution in [3.63, 3.8) is 0 Å². The number of carbonyl (C=O) groups is 2. The van der Waals surface area contributed by atoms with Gasteiger partial charge in [0, 0.05) is 16.8 Å². The number of aryl methyl sites for hydroxylation is 1. The van der Waals surface area contributed by atoms with Gasteiger partial charge in [0.05, 0.1) is 19.7 Å². The van der Waals surface area contributed by atoms with Crippen molar-refractivity contribution < 1.29 is 14.3 Å². The van der Waals surface area contributed by atoms with Gasteiger partial charge in [0.2, 0.25) is 17.6 Å². The number of para-hydroxylation sites is 1. The van der Waals surface area contributed by atoms with Crippen LogP contribution < -0.4 is 20.3 Å². The highest BCUT2D eigenvalue weighted by atomic mass is 35.5. The van der Waals surface area contributed by atoms with E-state index in [-0.39, 0.29) is 43.2 Å². The van der Waals surface area contributed by atoms with Gasteiger partial charge in [-0.15, -0.1) is 35.0 Å². The Bertz CT molecular complexity index is 1450. The molecule has 5 rings (SSSR count). The Labute approximate surface area is 238 Å². The number of rotatable bonds is 7. The molecule has 2 amide bonds. The molecule has 2 heterocycles. The number of aromatic amines is 1. The second-order valence-corrected chi connectivity index (χ2v) is 9.08. The molecule has 39 heavy (non-hydrogen) atoms. The smallest absolute Gasteiger partial charge is 0.249 e. The first-order valence-electron chi connectivity index (χ1n) is 12.2. The third-order valence-corrected chi connectivity index (χ3v) is 6.92. The van der Waals surface area contributed by atoms with Crippen LogP contribution in [0.4, 0.5) is 5.69 Å². The van der Waals surface area contributed by atoms with Crippen LogP contribution in [-0.4, -0.2) is 58.7 Å². The molecule has 0 bridgehead atoms. The van der Waals surface area contributed by atoms with Gasteiger partial charge < -0.3 is 20.3 Å². The minimum absolute atomic E-state index is 0. The summed E-state index contributed by atoms with van der Waals surface area (Å²) in [5.41, 5.74) is 3.61. The summed E-state index contributed by atoms with van der Waals surface area (Å²) in [7, 11) is 3.34. The number of anilines is 1. The van der Waals surface area contributed by atoms with E-state index in [4.69, 9.17) is 4.74 Å². The highest BCUT2D eigenvalue weighted by molar-refractivity contribution is 6.02. The second kappa shape index (κ2) is 12.9. The Morgan fingerprint density at radius 2 is 1.97 bits per heavy atom. The van der Waals surface area contributed by atoms with Gasteiger partial charge >= 0.3 is 0 Å². The molecule has 0 aliphatic carbocycles. The zero-order valence-corrected chi connectivity index (χ0v) is 23.4. The number of nitrogens with zero attached hydrogens (tertiary/aromatic N) is 4. The van der Waals surface area contributed by atoms with E-state index in [1.165, 1.54) is 0 Å². The van der Waals surface area contributed by atoms with Crippen molar-refractivity contribution in [1.82, 2.24) is 31.3 Å². The molecular formula is C27H31Cl2N7O3. The molecule has 3 N–H and O–H groups in total. The monoisotopic (exact) mass is 571 g/mol. The predicted octanol–water partition coefficient (Wildman–Crippen LogP) is 3.44. The Morgan fingerprint density at radius 1 is 1.18 bits per heavy atom. The number of amides is 2. The van der Waals surface area contributed by atoms with Crippen LogP contribution in [0.15, 0.2) is 54.6 Å². The van der Waals surface area contributed by atoms with Gasteiger partial charge in [-0.3, -0.25) is 9.59 Å². The fourth-order valence-electron chi connectivity index (χ4n) is 4.75. The van der Waals surface area contributed by atoms with Crippen molar-refractivity contribution in [3.8, 4) is 17.1 Å². The van der Waals surface area contributed by atoms with Crippen LogP contribution in [0.5, 0.6) is 5.75 Å². The Kier molecular flexibility index (Phi) is 9.85. The molecular weight excluding hydrogens is 541 g/mol. The summed E-state index contributed by atoms with van der Waals surface area (Å²) in [6.45, 7) is 2.05. The molecule has 1 aliphatic heterocycles. The Morgan fingerprint density at radius 3 is 2.69 bits per heavy atom. The van der Waals surface area contributed by atoms with Crippen molar-refractivity contribution in [2.45, 2.75) is 38.4 Å². The number of ether oxygens (including phenoxy) is 1. The van der Waals surface area contributed by atoms with Gasteiger partial charge in [-0.05, 0) is 66.6 Å². The highest BCUT2D eigenvalue weighted by Crippen LogP contribution is 2.35. The summed E-state index contributed by atoms with van der Waals surface area (Å²) >= 11 is 0. The van der Waals surface area contributed by atoms with Crippen LogP contribution in [0.2, 0.25) is 0 Å². The van der Waals surface area contributed by atoms with Crippen molar-refractivity contribution in [2.24, 2.45) is 0 Å². The number of methoxy groups -OCH3 is 1. The first-order chi connectivity index (χ1) is 18.0. The van der Waals surface area contributed by atoms with Gasteiger partial charge in [0.15, 0.2) is 0 Å². The fraction of sp³-hybridized carbons (Fsp3) is 0.296. The van der Waals surface area contributed by atoms with Crippen molar-refractivity contribution in [1.29, 1.82) is 0 Å². The van der Waals surface area contributed by atoms with E-state index < -0.39 is 12.1 Å². The van der Waals surface area contributed by atoms with E-state index in [1.807, 2.05) is 54.6 Å². The van der Waals surface area contributed by atoms with Crippen LogP contribution >= 0.6 is 24.8 Å². The molecule has 1 aromatic heterocycles. The maximum absolute atomic E-state index is 13.9. The standard InChI is InChI=1S/C27H29N7O3.2ClH/c1-16(28-2)26(35)29-22-12-9-17-6-4-5-7-23(17)34(27(22)36)15-21-20-11-8-19(25-30-32-33-31-25)14-18(20)10-13-24(21)37-3;;/h4-8,10-11,13-14,16,22,28H,9,12,15H2,1-3H3,(H,29,35)(H,30,31,32,33);2*1H/t16-,22-;;/m0../s1. The van der Waals surface area contributed by atoms with E-state index in [1.54, 1.807) is 26.0 Å². The van der Waals surface area contributed by atoms with E-state index >= 15 is 0 Å². The molecule has 0 saturated heterocycles. The average Bonchev–Trinajstić information content (AvgIpc) is 3.44. The second-order valence-electron chi connectivity index (χ2n) is 9.08. The lowest BCUT2D eigenvalue weighted by Crippen LogP contribution is -2.52. The number of aromatic nitrogens is 4. The molecule has 1 aliphatic rings. The summed E-state index contributed by atoms with van der Waals surface area (Å²) in [4.78, 5) is 28.4. The molecule has 0 unspecified atom stereocenters. The van der Waals surface area contributed by atoms with Gasteiger partial charge in [-0.25, -0.2) is 0 Å². The SMILES string of the molecule is CN[C@@H](C)C(=O)N[C@H]1CCc2ccccc2N(Cc2c(OC)ccc3cc(-c4nn[nH]n4)ccc23)C1=O.Cl.Cl. The summed E-state index contributed by atoms with van der Waals surface area (Å²) in [6.07, 6.45) is 1.20. The molecule has 12 heteroatoms. The van der Waals surface area contributed by atoms with Crippen LogP contribution in [-0.2, 0) is 22.6 Å². The average molecular weight is 572 g/mol. The summed E-state index contributed by atoms with van der Waals surface area (Å²) in [5, 5.41) is 22.1. The van der Waals surface area contributed by atoms with Gasteiger partial charge in [0.1, 0.15) is 11.8 Å². The first-order valence-corrected chi connectivity index (χ1v) is 12.2. The van der Waals surface area contributed by atoms with Crippen LogP contribution in [0, 0.1) is 0 Å². The maximum atomic E-state index is 13.9. The van der Waals surface area contributed by atoms with E-state index in [0.717, 1.165) is 33.2 Å². The van der Waals surface area contributed by atoms with E-state index in [2.05, 4.69) is 31.3 Å². The number of halogens is 2. The lowest BCUT2D eigenvalue weighted by Gasteiger charge is -2.28. The quantitative estimate of drug-likeness (QED) is 0.310. The molecule has 0 fully saturated rings. The normalized spacial score (nSPS) is 15.4. The molecule has 0 radical (unpaired) electrons. The predicted molar refractivity (Wildman–Crippen MR) is 155 cm³/mol. The molecule has 3 aromatic carbocycles. The zero-order valence-electron chi connectivity index (χ0n) is 21.8. The first kappa shape index (κ1) is 29.8. The molecule has 2 atom stereocenters. The summed E-state index contributed by atoms with van der Waals surface area (Å²) < 4.78 is 5.73. The van der Waals surface area contributed by atoms with Crippen molar-refractivity contribution in [2.75, 3.05) is 19.1 Å². The molecule has 10 nitrogen and oxygen atoms in total. The van der Waals surface area contributed by atoms with E-state index in [0.29, 0.717) is 24.4 Å². The van der Waals surface area contributed by atoms with Crippen molar-refractivity contribution in [3.05, 3.63) is 65.7 Å². The molecule has 206 valence electrons. The van der Waals surface area contributed by atoms with Gasteiger partial charge in [-0.2, -0.15) is 5.21 Å². The molecule has 0 spiro atoms. The molecule has 4 aromatic rings. The lowest BCUT2D eigenvalue weighted by atomic mass is 10.00. The topological polar surface area (TPSA) is 125 Å². The number of H-pyrrole nitrogens is 1. The Hall–Kier alpha value is -3.73. The number of tetrazole rings is 1. The number of benzene rings is 3. The highest BCUT2D eigenvalue weighted by Gasteiger charge is 2.33. The van der Waals surface area contributed by atoms with Gasteiger partial charge in [0.25, 0.3) is 0 Å². The van der Waals surface area contributed by atoms with Crippen molar-refractivity contribution >= 4 is 53.1 Å². The number of likely N-dealkylation sites (N-methyl/N-ethyl adjacent to an activating group) is 1. The number of nitrogens with one attached hydrogen (secondary N) is 3. The summed E-state index contributed by atoms with van der Waals surface area (Å²) in [6, 6.07) is 16.6. The lowest BCUT2D eigenvalue weighted by molar-refractivity contribution is -0.128.